The van der Waals surface area contributed by atoms with Crippen LogP contribution in [0.25, 0.3) is 0 Å². The Bertz CT molecular complexity index is 382. The molecule has 0 aliphatic heterocycles. The summed E-state index contributed by atoms with van der Waals surface area (Å²) < 4.78 is 5.02. The Morgan fingerprint density at radius 1 is 1.35 bits per heavy atom. The minimum atomic E-state index is 0.741. The molecule has 0 spiro atoms. The summed E-state index contributed by atoms with van der Waals surface area (Å²) in [6.07, 6.45) is 4.42. The quantitative estimate of drug-likeness (QED) is 0.668. The van der Waals surface area contributed by atoms with E-state index in [0.717, 1.165) is 38.6 Å². The first-order valence-corrected chi connectivity index (χ1v) is 7.63. The molecule has 0 aliphatic carbocycles. The molecule has 0 aliphatic rings. The Kier molecular flexibility index (Phi) is 8.23. The molecule has 0 radical (unpaired) electrons. The summed E-state index contributed by atoms with van der Waals surface area (Å²) in [6.45, 7) is 11.1. The Morgan fingerprint density at radius 2 is 2.15 bits per heavy atom. The van der Waals surface area contributed by atoms with E-state index >= 15 is 0 Å². The topological polar surface area (TPSA) is 37.4 Å². The van der Waals surface area contributed by atoms with Crippen LogP contribution in [0.5, 0.6) is 0 Å². The monoisotopic (exact) mass is 279 g/mol. The van der Waals surface area contributed by atoms with Crippen LogP contribution >= 0.6 is 0 Å². The van der Waals surface area contributed by atoms with E-state index in [1.165, 1.54) is 24.0 Å². The molecular formula is C16H29N3O. The van der Waals surface area contributed by atoms with Gasteiger partial charge in [0.15, 0.2) is 0 Å². The third kappa shape index (κ3) is 5.47. The maximum absolute atomic E-state index is 5.02. The number of aryl methyl sites for hydroxylation is 1. The van der Waals surface area contributed by atoms with Crippen molar-refractivity contribution in [2.75, 3.05) is 38.3 Å². The number of nitrogens with zero attached hydrogens (tertiary/aromatic N) is 2. The predicted molar refractivity (Wildman–Crippen MR) is 85.4 cm³/mol. The van der Waals surface area contributed by atoms with E-state index in [4.69, 9.17) is 4.74 Å². The lowest BCUT2D eigenvalue weighted by Gasteiger charge is -2.23. The van der Waals surface area contributed by atoms with Gasteiger partial charge in [0.1, 0.15) is 5.82 Å². The molecule has 4 nitrogen and oxygen atoms in total. The highest BCUT2D eigenvalue weighted by atomic mass is 16.5. The summed E-state index contributed by atoms with van der Waals surface area (Å²) in [5.41, 5.74) is 2.49. The summed E-state index contributed by atoms with van der Waals surface area (Å²) >= 11 is 0. The number of methoxy groups -OCH3 is 1. The highest BCUT2D eigenvalue weighted by Gasteiger charge is 2.09. The maximum Gasteiger partial charge on any atom is 0.131 e. The second-order valence-corrected chi connectivity index (χ2v) is 5.09. The molecule has 114 valence electrons. The van der Waals surface area contributed by atoms with E-state index in [1.54, 1.807) is 7.11 Å². The van der Waals surface area contributed by atoms with Crippen molar-refractivity contribution in [3.05, 3.63) is 23.4 Å². The molecule has 20 heavy (non-hydrogen) atoms. The zero-order valence-electron chi connectivity index (χ0n) is 13.4. The molecule has 1 heterocycles. The average molecular weight is 279 g/mol. The number of unbranched alkanes of at least 4 members (excludes halogenated alkanes) is 1. The molecule has 0 saturated carbocycles. The zero-order valence-corrected chi connectivity index (χ0v) is 13.4. The SMILES string of the molecule is CCCCN(CC)c1ncc(CNCCOC)cc1C. The van der Waals surface area contributed by atoms with Crippen LogP contribution < -0.4 is 10.2 Å². The van der Waals surface area contributed by atoms with E-state index in [9.17, 15) is 0 Å². The summed E-state index contributed by atoms with van der Waals surface area (Å²) in [5, 5.41) is 3.35. The van der Waals surface area contributed by atoms with Gasteiger partial charge in [0.2, 0.25) is 0 Å². The zero-order chi connectivity index (χ0) is 14.8. The molecule has 4 heteroatoms. The van der Waals surface area contributed by atoms with Crippen molar-refractivity contribution in [1.29, 1.82) is 0 Å². The third-order valence-corrected chi connectivity index (χ3v) is 3.38. The summed E-state index contributed by atoms with van der Waals surface area (Å²) in [7, 11) is 1.72. The van der Waals surface area contributed by atoms with Gasteiger partial charge in [-0.3, -0.25) is 0 Å². The van der Waals surface area contributed by atoms with Gasteiger partial charge in [0, 0.05) is 39.5 Å². The van der Waals surface area contributed by atoms with Crippen molar-refractivity contribution in [2.45, 2.75) is 40.2 Å². The van der Waals surface area contributed by atoms with E-state index in [0.29, 0.717) is 0 Å². The van der Waals surface area contributed by atoms with Crippen LogP contribution in [-0.2, 0) is 11.3 Å². The number of aromatic nitrogens is 1. The van der Waals surface area contributed by atoms with Gasteiger partial charge in [-0.25, -0.2) is 4.98 Å². The van der Waals surface area contributed by atoms with Gasteiger partial charge in [-0.1, -0.05) is 13.3 Å². The van der Waals surface area contributed by atoms with Gasteiger partial charge < -0.3 is 15.0 Å². The van der Waals surface area contributed by atoms with Crippen molar-refractivity contribution >= 4 is 5.82 Å². The largest absolute Gasteiger partial charge is 0.383 e. The molecular weight excluding hydrogens is 250 g/mol. The fraction of sp³-hybridized carbons (Fsp3) is 0.688. The van der Waals surface area contributed by atoms with Crippen LogP contribution in [0, 0.1) is 6.92 Å². The standard InChI is InChI=1S/C16H29N3O/c1-5-7-9-19(6-2)16-14(3)11-15(13-18-16)12-17-8-10-20-4/h11,13,17H,5-10,12H2,1-4H3. The lowest BCUT2D eigenvalue weighted by Crippen LogP contribution is -2.26. The van der Waals surface area contributed by atoms with Crippen LogP contribution in [0.2, 0.25) is 0 Å². The molecule has 0 unspecified atom stereocenters. The van der Waals surface area contributed by atoms with Crippen molar-refractivity contribution in [3.63, 3.8) is 0 Å². The molecule has 1 aromatic rings. The van der Waals surface area contributed by atoms with Crippen molar-refractivity contribution in [1.82, 2.24) is 10.3 Å². The van der Waals surface area contributed by atoms with Crippen molar-refractivity contribution in [2.24, 2.45) is 0 Å². The van der Waals surface area contributed by atoms with Gasteiger partial charge in [-0.05, 0) is 37.5 Å². The Morgan fingerprint density at radius 3 is 2.75 bits per heavy atom. The highest BCUT2D eigenvalue weighted by Crippen LogP contribution is 2.18. The minimum absolute atomic E-state index is 0.741. The molecule has 1 rings (SSSR count). The van der Waals surface area contributed by atoms with Crippen LogP contribution in [0.3, 0.4) is 0 Å². The Balaban J connectivity index is 2.61. The fourth-order valence-corrected chi connectivity index (χ4v) is 2.22. The molecule has 1 aromatic heterocycles. The smallest absolute Gasteiger partial charge is 0.131 e. The normalized spacial score (nSPS) is 10.8. The number of rotatable bonds is 10. The first-order valence-electron chi connectivity index (χ1n) is 7.63. The van der Waals surface area contributed by atoms with Gasteiger partial charge >= 0.3 is 0 Å². The Hall–Kier alpha value is -1.13. The summed E-state index contributed by atoms with van der Waals surface area (Å²) in [6, 6.07) is 2.23. The number of ether oxygens (including phenoxy) is 1. The first kappa shape index (κ1) is 16.9. The maximum atomic E-state index is 5.02. The van der Waals surface area contributed by atoms with Gasteiger partial charge in [-0.2, -0.15) is 0 Å². The number of anilines is 1. The summed E-state index contributed by atoms with van der Waals surface area (Å²) in [5.74, 6) is 1.13. The molecule has 0 saturated heterocycles. The van der Waals surface area contributed by atoms with Crippen molar-refractivity contribution in [3.8, 4) is 0 Å². The number of hydrogen-bond donors (Lipinski definition) is 1. The van der Waals surface area contributed by atoms with E-state index < -0.39 is 0 Å². The lowest BCUT2D eigenvalue weighted by atomic mass is 10.2. The van der Waals surface area contributed by atoms with Gasteiger partial charge in [-0.15, -0.1) is 0 Å². The number of hydrogen-bond acceptors (Lipinski definition) is 4. The first-order chi connectivity index (χ1) is 9.72. The predicted octanol–water partition coefficient (Wildman–Crippen LogP) is 2.75. The van der Waals surface area contributed by atoms with E-state index in [2.05, 4.69) is 42.0 Å². The van der Waals surface area contributed by atoms with Crippen LogP contribution in [-0.4, -0.2) is 38.3 Å². The van der Waals surface area contributed by atoms with E-state index in [1.807, 2.05) is 6.20 Å². The third-order valence-electron chi connectivity index (χ3n) is 3.38. The van der Waals surface area contributed by atoms with Crippen LogP contribution in [0.15, 0.2) is 12.3 Å². The molecule has 0 bridgehead atoms. The fourth-order valence-electron chi connectivity index (χ4n) is 2.22. The van der Waals surface area contributed by atoms with Crippen molar-refractivity contribution < 1.29 is 4.74 Å². The second-order valence-electron chi connectivity index (χ2n) is 5.09. The Labute approximate surface area is 123 Å². The highest BCUT2D eigenvalue weighted by molar-refractivity contribution is 5.47. The number of pyridine rings is 1. The van der Waals surface area contributed by atoms with Gasteiger partial charge in [0.25, 0.3) is 0 Å². The second kappa shape index (κ2) is 9.72. The molecule has 0 atom stereocenters. The summed E-state index contributed by atoms with van der Waals surface area (Å²) in [4.78, 5) is 7.02. The van der Waals surface area contributed by atoms with Gasteiger partial charge in [0.05, 0.1) is 6.61 Å². The molecule has 0 amide bonds. The number of nitrogens with one attached hydrogen (secondary N) is 1. The lowest BCUT2D eigenvalue weighted by molar-refractivity contribution is 0.199. The average Bonchev–Trinajstić information content (AvgIpc) is 2.46. The van der Waals surface area contributed by atoms with Crippen LogP contribution in [0.1, 0.15) is 37.8 Å². The molecule has 0 aromatic carbocycles. The molecule has 0 fully saturated rings. The minimum Gasteiger partial charge on any atom is -0.383 e. The molecule has 1 N–H and O–H groups in total. The van der Waals surface area contributed by atoms with Crippen LogP contribution in [0.4, 0.5) is 5.82 Å². The van der Waals surface area contributed by atoms with E-state index in [-0.39, 0.29) is 0 Å².